The molecular weight excluding hydrogens is 414 g/mol. The van der Waals surface area contributed by atoms with Crippen molar-refractivity contribution in [3.63, 3.8) is 0 Å². The molecule has 164 valence electrons. The molecule has 2 aromatic carbocycles. The van der Waals surface area contributed by atoms with Gasteiger partial charge in [-0.1, -0.05) is 29.8 Å². The number of carbonyl (C=O) groups is 2. The van der Waals surface area contributed by atoms with Crippen LogP contribution >= 0.6 is 11.6 Å². The Labute approximate surface area is 188 Å². The van der Waals surface area contributed by atoms with E-state index in [-0.39, 0.29) is 24.0 Å². The lowest BCUT2D eigenvalue weighted by Crippen LogP contribution is -2.52. The van der Waals surface area contributed by atoms with Crippen molar-refractivity contribution in [2.24, 2.45) is 5.92 Å². The van der Waals surface area contributed by atoms with Gasteiger partial charge in [-0.2, -0.15) is 0 Å². The minimum atomic E-state index is -0.0821. The maximum atomic E-state index is 13.3. The Balaban J connectivity index is 1.34. The van der Waals surface area contributed by atoms with Crippen LogP contribution in [0.2, 0.25) is 5.02 Å². The molecule has 3 amide bonds. The SMILES string of the molecule is Cc1ccc2c(c1)N(C(=O)N1CCC(C(=O)NCc3cccc(Cl)c3)CC1)C[C@@H](C)O2. The van der Waals surface area contributed by atoms with E-state index in [1.807, 2.05) is 66.1 Å². The second-order valence-electron chi connectivity index (χ2n) is 8.40. The van der Waals surface area contributed by atoms with Gasteiger partial charge in [0.1, 0.15) is 11.9 Å². The van der Waals surface area contributed by atoms with Gasteiger partial charge in [0.2, 0.25) is 5.91 Å². The van der Waals surface area contributed by atoms with E-state index in [2.05, 4.69) is 5.32 Å². The van der Waals surface area contributed by atoms with E-state index in [1.165, 1.54) is 0 Å². The summed E-state index contributed by atoms with van der Waals surface area (Å²) in [7, 11) is 0. The largest absolute Gasteiger partial charge is 0.487 e. The molecule has 2 aliphatic rings. The number of urea groups is 1. The highest BCUT2D eigenvalue weighted by molar-refractivity contribution is 6.30. The van der Waals surface area contributed by atoms with Gasteiger partial charge in [0.15, 0.2) is 0 Å². The van der Waals surface area contributed by atoms with Gasteiger partial charge in [0.05, 0.1) is 12.2 Å². The molecule has 0 radical (unpaired) electrons. The van der Waals surface area contributed by atoms with Crippen LogP contribution < -0.4 is 15.0 Å². The zero-order valence-corrected chi connectivity index (χ0v) is 18.7. The summed E-state index contributed by atoms with van der Waals surface area (Å²) in [5.74, 6) is 0.697. The van der Waals surface area contributed by atoms with Gasteiger partial charge >= 0.3 is 6.03 Å². The molecule has 6 nitrogen and oxygen atoms in total. The molecule has 4 rings (SSSR count). The molecule has 1 atom stereocenters. The molecule has 0 unspecified atom stereocenters. The number of hydrogen-bond donors (Lipinski definition) is 1. The third kappa shape index (κ3) is 4.96. The Hall–Kier alpha value is -2.73. The van der Waals surface area contributed by atoms with Crippen LogP contribution in [0.25, 0.3) is 0 Å². The lowest BCUT2D eigenvalue weighted by molar-refractivity contribution is -0.126. The number of anilines is 1. The van der Waals surface area contributed by atoms with E-state index in [4.69, 9.17) is 16.3 Å². The highest BCUT2D eigenvalue weighted by Crippen LogP contribution is 2.35. The van der Waals surface area contributed by atoms with Gasteiger partial charge in [0, 0.05) is 30.6 Å². The van der Waals surface area contributed by atoms with Gasteiger partial charge in [-0.05, 0) is 62.1 Å². The summed E-state index contributed by atoms with van der Waals surface area (Å²) in [6.45, 7) is 6.10. The molecule has 7 heteroatoms. The number of rotatable bonds is 3. The highest BCUT2D eigenvalue weighted by Gasteiger charge is 2.33. The van der Waals surface area contributed by atoms with E-state index in [9.17, 15) is 9.59 Å². The summed E-state index contributed by atoms with van der Waals surface area (Å²) in [5, 5.41) is 3.66. The van der Waals surface area contributed by atoms with Crippen molar-refractivity contribution in [2.45, 2.75) is 39.3 Å². The fourth-order valence-corrected chi connectivity index (χ4v) is 4.43. The molecular formula is C24H28ClN3O3. The van der Waals surface area contributed by atoms with Crippen molar-refractivity contribution in [2.75, 3.05) is 24.5 Å². The molecule has 1 N–H and O–H groups in total. The fraction of sp³-hybridized carbons (Fsp3) is 0.417. The third-order valence-electron chi connectivity index (χ3n) is 5.90. The van der Waals surface area contributed by atoms with E-state index in [0.29, 0.717) is 44.0 Å². The van der Waals surface area contributed by atoms with Crippen molar-refractivity contribution in [1.29, 1.82) is 0 Å². The minimum absolute atomic E-state index is 0.0141. The van der Waals surface area contributed by atoms with Crippen LogP contribution in [-0.2, 0) is 11.3 Å². The van der Waals surface area contributed by atoms with Crippen molar-refractivity contribution in [3.8, 4) is 5.75 Å². The van der Waals surface area contributed by atoms with E-state index in [1.54, 1.807) is 0 Å². The van der Waals surface area contributed by atoms with Crippen molar-refractivity contribution >= 4 is 29.2 Å². The number of aryl methyl sites for hydroxylation is 1. The molecule has 0 saturated carbocycles. The van der Waals surface area contributed by atoms with Gasteiger partial charge in [-0.15, -0.1) is 0 Å². The molecule has 0 aromatic heterocycles. The summed E-state index contributed by atoms with van der Waals surface area (Å²) in [5.41, 5.74) is 2.89. The van der Waals surface area contributed by atoms with Crippen LogP contribution in [0.4, 0.5) is 10.5 Å². The van der Waals surface area contributed by atoms with Crippen LogP contribution in [0.5, 0.6) is 5.75 Å². The molecule has 2 heterocycles. The van der Waals surface area contributed by atoms with Crippen LogP contribution in [-0.4, -0.2) is 42.6 Å². The van der Waals surface area contributed by atoms with Crippen molar-refractivity contribution in [3.05, 3.63) is 58.6 Å². The van der Waals surface area contributed by atoms with E-state index < -0.39 is 0 Å². The summed E-state index contributed by atoms with van der Waals surface area (Å²) in [6.07, 6.45) is 1.26. The fourth-order valence-electron chi connectivity index (χ4n) is 4.21. The Morgan fingerprint density at radius 1 is 1.16 bits per heavy atom. The zero-order valence-electron chi connectivity index (χ0n) is 17.9. The van der Waals surface area contributed by atoms with Crippen molar-refractivity contribution in [1.82, 2.24) is 10.2 Å². The molecule has 0 aliphatic carbocycles. The Morgan fingerprint density at radius 3 is 2.68 bits per heavy atom. The van der Waals surface area contributed by atoms with Crippen LogP contribution in [0.15, 0.2) is 42.5 Å². The molecule has 1 saturated heterocycles. The normalized spacial score (nSPS) is 18.9. The first kappa shape index (κ1) is 21.5. The number of piperidine rings is 1. The number of nitrogens with zero attached hydrogens (tertiary/aromatic N) is 2. The maximum absolute atomic E-state index is 13.3. The number of benzene rings is 2. The summed E-state index contributed by atoms with van der Waals surface area (Å²) in [4.78, 5) is 29.5. The molecule has 1 fully saturated rings. The standard InChI is InChI=1S/C24H28ClN3O3/c1-16-6-7-22-21(12-16)28(15-17(2)31-22)24(30)27-10-8-19(9-11-27)23(29)26-14-18-4-3-5-20(25)13-18/h3-7,12-13,17,19H,8-11,14-15H2,1-2H3,(H,26,29)/t17-/m1/s1. The Morgan fingerprint density at radius 2 is 1.94 bits per heavy atom. The molecule has 0 bridgehead atoms. The zero-order chi connectivity index (χ0) is 22.0. The quantitative estimate of drug-likeness (QED) is 0.768. The van der Waals surface area contributed by atoms with Gasteiger partial charge in [-0.25, -0.2) is 4.79 Å². The number of hydrogen-bond acceptors (Lipinski definition) is 3. The molecule has 2 aliphatic heterocycles. The Bertz CT molecular complexity index is 972. The van der Waals surface area contributed by atoms with Gasteiger partial charge in [0.25, 0.3) is 0 Å². The first-order valence-electron chi connectivity index (χ1n) is 10.8. The summed E-state index contributed by atoms with van der Waals surface area (Å²) < 4.78 is 5.90. The maximum Gasteiger partial charge on any atom is 0.324 e. The second kappa shape index (κ2) is 9.18. The lowest BCUT2D eigenvalue weighted by Gasteiger charge is -2.39. The predicted molar refractivity (Wildman–Crippen MR) is 122 cm³/mol. The topological polar surface area (TPSA) is 61.9 Å². The number of ether oxygens (including phenoxy) is 1. The molecule has 0 spiro atoms. The number of amides is 3. The lowest BCUT2D eigenvalue weighted by atomic mass is 9.96. The number of carbonyl (C=O) groups excluding carboxylic acids is 2. The summed E-state index contributed by atoms with van der Waals surface area (Å²) >= 11 is 6.01. The smallest absolute Gasteiger partial charge is 0.324 e. The number of likely N-dealkylation sites (tertiary alicyclic amines) is 1. The van der Waals surface area contributed by atoms with Crippen LogP contribution in [0.3, 0.4) is 0 Å². The average molecular weight is 442 g/mol. The van der Waals surface area contributed by atoms with Crippen LogP contribution in [0.1, 0.15) is 30.9 Å². The Kier molecular flexibility index (Phi) is 6.37. The highest BCUT2D eigenvalue weighted by atomic mass is 35.5. The van der Waals surface area contributed by atoms with Gasteiger partial charge < -0.3 is 15.0 Å². The van der Waals surface area contributed by atoms with E-state index in [0.717, 1.165) is 22.6 Å². The first-order valence-corrected chi connectivity index (χ1v) is 11.1. The van der Waals surface area contributed by atoms with Crippen LogP contribution in [0, 0.1) is 12.8 Å². The third-order valence-corrected chi connectivity index (χ3v) is 6.13. The van der Waals surface area contributed by atoms with Crippen molar-refractivity contribution < 1.29 is 14.3 Å². The second-order valence-corrected chi connectivity index (χ2v) is 8.84. The monoisotopic (exact) mass is 441 g/mol. The number of fused-ring (bicyclic) bond motifs is 1. The number of nitrogens with one attached hydrogen (secondary N) is 1. The minimum Gasteiger partial charge on any atom is -0.487 e. The van der Waals surface area contributed by atoms with Gasteiger partial charge in [-0.3, -0.25) is 9.69 Å². The first-order chi connectivity index (χ1) is 14.9. The predicted octanol–water partition coefficient (Wildman–Crippen LogP) is 4.38. The molecule has 2 aromatic rings. The average Bonchev–Trinajstić information content (AvgIpc) is 2.77. The molecule has 31 heavy (non-hydrogen) atoms. The number of halogens is 1. The summed E-state index contributed by atoms with van der Waals surface area (Å²) in [6, 6.07) is 13.4. The van der Waals surface area contributed by atoms with E-state index >= 15 is 0 Å².